The Morgan fingerprint density at radius 2 is 2.15 bits per heavy atom. The topological polar surface area (TPSA) is 95.8 Å². The Hall–Kier alpha value is -2.38. The summed E-state index contributed by atoms with van der Waals surface area (Å²) in [5, 5.41) is 6.30. The number of urea groups is 1. The van der Waals surface area contributed by atoms with Crippen molar-refractivity contribution in [3.8, 4) is 0 Å². The lowest BCUT2D eigenvalue weighted by atomic mass is 10.2. The van der Waals surface area contributed by atoms with E-state index in [0.29, 0.717) is 12.1 Å². The minimum absolute atomic E-state index is 0.00621. The number of aromatic nitrogens is 1. The van der Waals surface area contributed by atoms with E-state index in [4.69, 9.17) is 4.52 Å². The Morgan fingerprint density at radius 1 is 1.45 bits per heavy atom. The third kappa shape index (κ3) is 2.49. The van der Waals surface area contributed by atoms with Crippen LogP contribution in [-0.2, 0) is 16.0 Å². The SMILES string of the molecule is CCc1c(C)noc1NC(=O)CN1C(=O)CN(C)C1=O. The average Bonchev–Trinajstić information content (AvgIpc) is 2.85. The van der Waals surface area contributed by atoms with Gasteiger partial charge in [-0.3, -0.25) is 19.8 Å². The molecular formula is C12H16N4O4. The van der Waals surface area contributed by atoms with Crippen LogP contribution in [0.1, 0.15) is 18.2 Å². The van der Waals surface area contributed by atoms with Crippen molar-refractivity contribution in [1.82, 2.24) is 15.0 Å². The largest absolute Gasteiger partial charge is 0.338 e. The van der Waals surface area contributed by atoms with Gasteiger partial charge >= 0.3 is 6.03 Å². The molecule has 8 nitrogen and oxygen atoms in total. The van der Waals surface area contributed by atoms with Crippen LogP contribution in [0, 0.1) is 6.92 Å². The Labute approximate surface area is 115 Å². The third-order valence-electron chi connectivity index (χ3n) is 3.12. The number of anilines is 1. The first-order chi connectivity index (χ1) is 9.43. The first kappa shape index (κ1) is 14.0. The molecule has 8 heteroatoms. The molecule has 1 aliphatic rings. The molecule has 0 aliphatic carbocycles. The molecule has 20 heavy (non-hydrogen) atoms. The quantitative estimate of drug-likeness (QED) is 0.804. The van der Waals surface area contributed by atoms with Gasteiger partial charge in [-0.05, 0) is 13.3 Å². The molecule has 108 valence electrons. The van der Waals surface area contributed by atoms with Crippen LogP contribution < -0.4 is 5.32 Å². The van der Waals surface area contributed by atoms with Crippen molar-refractivity contribution >= 4 is 23.7 Å². The van der Waals surface area contributed by atoms with Crippen LogP contribution in [0.3, 0.4) is 0 Å². The molecule has 0 radical (unpaired) electrons. The van der Waals surface area contributed by atoms with Crippen LogP contribution in [0.15, 0.2) is 4.52 Å². The maximum atomic E-state index is 11.9. The van der Waals surface area contributed by atoms with E-state index in [-0.39, 0.29) is 19.0 Å². The molecule has 0 atom stereocenters. The number of likely N-dealkylation sites (N-methyl/N-ethyl adjacent to an activating group) is 1. The number of hydrogen-bond donors (Lipinski definition) is 1. The number of nitrogens with one attached hydrogen (secondary N) is 1. The fourth-order valence-corrected chi connectivity index (χ4v) is 2.04. The number of imide groups is 1. The maximum Gasteiger partial charge on any atom is 0.327 e. The molecule has 1 aliphatic heterocycles. The van der Waals surface area contributed by atoms with E-state index >= 15 is 0 Å². The van der Waals surface area contributed by atoms with Gasteiger partial charge in [0.25, 0.3) is 5.91 Å². The number of nitrogens with zero attached hydrogens (tertiary/aromatic N) is 3. The Morgan fingerprint density at radius 3 is 2.70 bits per heavy atom. The lowest BCUT2D eigenvalue weighted by Crippen LogP contribution is -2.38. The van der Waals surface area contributed by atoms with Crippen LogP contribution in [0.25, 0.3) is 0 Å². The molecule has 2 rings (SSSR count). The molecule has 1 aromatic heterocycles. The second-order valence-corrected chi connectivity index (χ2v) is 4.60. The summed E-state index contributed by atoms with van der Waals surface area (Å²) in [6.45, 7) is 3.36. The van der Waals surface area contributed by atoms with E-state index in [1.54, 1.807) is 6.92 Å². The summed E-state index contributed by atoms with van der Waals surface area (Å²) in [6, 6.07) is -0.477. The minimum atomic E-state index is -0.493. The standard InChI is InChI=1S/C12H16N4O4/c1-4-8-7(2)14-20-11(8)13-9(17)5-16-10(18)6-15(3)12(16)19/h4-6H2,1-3H3,(H,13,17). The summed E-state index contributed by atoms with van der Waals surface area (Å²) in [5.74, 6) is -0.618. The van der Waals surface area contributed by atoms with E-state index in [1.165, 1.54) is 11.9 Å². The van der Waals surface area contributed by atoms with Gasteiger partial charge in [-0.25, -0.2) is 4.79 Å². The van der Waals surface area contributed by atoms with Gasteiger partial charge in [0.15, 0.2) is 0 Å². The average molecular weight is 280 g/mol. The molecular weight excluding hydrogens is 264 g/mol. The number of rotatable bonds is 4. The highest BCUT2D eigenvalue weighted by atomic mass is 16.5. The summed E-state index contributed by atoms with van der Waals surface area (Å²) >= 11 is 0. The zero-order valence-electron chi connectivity index (χ0n) is 11.6. The van der Waals surface area contributed by atoms with Crippen LogP contribution in [-0.4, -0.2) is 52.9 Å². The summed E-state index contributed by atoms with van der Waals surface area (Å²) in [7, 11) is 1.51. The minimum Gasteiger partial charge on any atom is -0.338 e. The van der Waals surface area contributed by atoms with E-state index in [9.17, 15) is 14.4 Å². The maximum absolute atomic E-state index is 11.9. The molecule has 0 saturated carbocycles. The predicted molar refractivity (Wildman–Crippen MR) is 69.0 cm³/mol. The van der Waals surface area contributed by atoms with Gasteiger partial charge in [0.1, 0.15) is 13.1 Å². The smallest absolute Gasteiger partial charge is 0.327 e. The molecule has 1 fully saturated rings. The molecule has 0 unspecified atom stereocenters. The van der Waals surface area contributed by atoms with E-state index in [0.717, 1.165) is 10.5 Å². The normalized spacial score (nSPS) is 15.2. The second-order valence-electron chi connectivity index (χ2n) is 4.60. The van der Waals surface area contributed by atoms with Gasteiger partial charge in [-0.15, -0.1) is 0 Å². The Balaban J connectivity index is 2.03. The molecule has 1 aromatic rings. The van der Waals surface area contributed by atoms with E-state index in [2.05, 4.69) is 10.5 Å². The summed E-state index contributed by atoms with van der Waals surface area (Å²) in [6.07, 6.45) is 0.662. The van der Waals surface area contributed by atoms with E-state index in [1.807, 2.05) is 6.92 Å². The number of aryl methyl sites for hydroxylation is 1. The zero-order valence-corrected chi connectivity index (χ0v) is 11.6. The number of carbonyl (C=O) groups excluding carboxylic acids is 3. The Kier molecular flexibility index (Phi) is 3.73. The van der Waals surface area contributed by atoms with Crippen LogP contribution >= 0.6 is 0 Å². The first-order valence-corrected chi connectivity index (χ1v) is 6.24. The fourth-order valence-electron chi connectivity index (χ4n) is 2.04. The van der Waals surface area contributed by atoms with E-state index < -0.39 is 17.8 Å². The first-order valence-electron chi connectivity index (χ1n) is 6.24. The highest BCUT2D eigenvalue weighted by Crippen LogP contribution is 2.19. The number of amides is 4. The Bertz CT molecular complexity index is 566. The lowest BCUT2D eigenvalue weighted by molar-refractivity contribution is -0.129. The zero-order chi connectivity index (χ0) is 14.9. The second kappa shape index (κ2) is 5.32. The highest BCUT2D eigenvalue weighted by molar-refractivity contribution is 6.06. The molecule has 0 bridgehead atoms. The molecule has 1 saturated heterocycles. The van der Waals surface area contributed by atoms with Gasteiger partial charge in [0.2, 0.25) is 11.8 Å². The molecule has 0 aromatic carbocycles. The lowest BCUT2D eigenvalue weighted by Gasteiger charge is -2.13. The van der Waals surface area contributed by atoms with Crippen molar-refractivity contribution in [2.24, 2.45) is 0 Å². The van der Waals surface area contributed by atoms with Gasteiger partial charge in [-0.1, -0.05) is 12.1 Å². The van der Waals surface area contributed by atoms with Crippen molar-refractivity contribution in [2.45, 2.75) is 20.3 Å². The third-order valence-corrected chi connectivity index (χ3v) is 3.12. The van der Waals surface area contributed by atoms with Gasteiger partial charge in [-0.2, -0.15) is 0 Å². The summed E-state index contributed by atoms with van der Waals surface area (Å²) in [5.41, 5.74) is 1.51. The number of hydrogen-bond acceptors (Lipinski definition) is 5. The highest BCUT2D eigenvalue weighted by Gasteiger charge is 2.35. The van der Waals surface area contributed by atoms with Gasteiger partial charge in [0, 0.05) is 12.6 Å². The van der Waals surface area contributed by atoms with Crippen molar-refractivity contribution in [3.63, 3.8) is 0 Å². The van der Waals surface area contributed by atoms with Crippen molar-refractivity contribution in [3.05, 3.63) is 11.3 Å². The van der Waals surface area contributed by atoms with Gasteiger partial charge < -0.3 is 9.42 Å². The summed E-state index contributed by atoms with van der Waals surface area (Å²) in [4.78, 5) is 37.2. The molecule has 0 spiro atoms. The van der Waals surface area contributed by atoms with Gasteiger partial charge in [0.05, 0.1) is 5.69 Å². The predicted octanol–water partition coefficient (Wildman–Crippen LogP) is 0.378. The van der Waals surface area contributed by atoms with Crippen molar-refractivity contribution in [2.75, 3.05) is 25.5 Å². The molecule has 4 amide bonds. The summed E-state index contributed by atoms with van der Waals surface area (Å²) < 4.78 is 5.02. The monoisotopic (exact) mass is 280 g/mol. The van der Waals surface area contributed by atoms with Crippen LogP contribution in [0.4, 0.5) is 10.7 Å². The molecule has 2 heterocycles. The number of carbonyl (C=O) groups is 3. The van der Waals surface area contributed by atoms with Crippen molar-refractivity contribution in [1.29, 1.82) is 0 Å². The fraction of sp³-hybridized carbons (Fsp3) is 0.500. The van der Waals surface area contributed by atoms with Crippen molar-refractivity contribution < 1.29 is 18.9 Å². The van der Waals surface area contributed by atoms with Crippen LogP contribution in [0.2, 0.25) is 0 Å². The molecule has 1 N–H and O–H groups in total. The van der Waals surface area contributed by atoms with Crippen LogP contribution in [0.5, 0.6) is 0 Å².